The third kappa shape index (κ3) is 4.81. The first-order chi connectivity index (χ1) is 25.6. The van der Waals surface area contributed by atoms with Crippen LogP contribution in [0.5, 0.6) is 11.5 Å². The van der Waals surface area contributed by atoms with Crippen molar-refractivity contribution in [2.75, 3.05) is 0 Å². The molecule has 224 valence electrons. The maximum Gasteiger partial charge on any atom is 0.244 e. The molecule has 0 saturated heterocycles. The molecule has 0 spiro atoms. The molecule has 0 saturated carbocycles. The van der Waals surface area contributed by atoms with Gasteiger partial charge >= 0.3 is 0 Å². The van der Waals surface area contributed by atoms with Gasteiger partial charge in [0, 0.05) is 23.0 Å². The third-order valence-electron chi connectivity index (χ3n) is 8.22. The second-order valence-corrected chi connectivity index (χ2v) is 12.3. The number of para-hydroxylation sites is 3. The first-order valence-electron chi connectivity index (χ1n) is 19.0. The van der Waals surface area contributed by atoms with Crippen molar-refractivity contribution in [2.24, 2.45) is 6.98 Å². The first kappa shape index (κ1) is 20.4. The van der Waals surface area contributed by atoms with E-state index in [1.165, 1.54) is 0 Å². The summed E-state index contributed by atoms with van der Waals surface area (Å²) in [6.45, 7) is 3.94. The van der Waals surface area contributed by atoms with E-state index in [4.69, 9.17) is 20.7 Å². The zero-order chi connectivity index (χ0) is 38.3. The van der Waals surface area contributed by atoms with Crippen molar-refractivity contribution in [1.82, 2.24) is 14.1 Å². The molecule has 5 nitrogen and oxygen atoms in total. The van der Waals surface area contributed by atoms with Crippen LogP contribution in [0, 0.1) is 6.33 Å². The van der Waals surface area contributed by atoms with Crippen molar-refractivity contribution in [1.29, 1.82) is 0 Å². The number of aromatic nitrogens is 4. The van der Waals surface area contributed by atoms with Crippen molar-refractivity contribution >= 4 is 32.8 Å². The van der Waals surface area contributed by atoms with Crippen LogP contribution in [0.1, 0.15) is 37.3 Å². The summed E-state index contributed by atoms with van der Waals surface area (Å²) in [4.78, 5) is 4.77. The van der Waals surface area contributed by atoms with E-state index in [-0.39, 0.29) is 34.4 Å². The Labute approximate surface area is 279 Å². The number of nitrogens with zero attached hydrogens (tertiary/aromatic N) is 4. The predicted molar refractivity (Wildman–Crippen MR) is 186 cm³/mol. The Hall–Kier alpha value is -5.68. The molecule has 8 aromatic rings. The van der Waals surface area contributed by atoms with E-state index in [0.717, 1.165) is 37.8 Å². The zero-order valence-corrected chi connectivity index (χ0v) is 25.5. The Morgan fingerprint density at radius 1 is 0.761 bits per heavy atom. The van der Waals surface area contributed by atoms with E-state index in [1.807, 2.05) is 42.6 Å². The highest BCUT2D eigenvalue weighted by atomic mass is 16.5. The quantitative estimate of drug-likeness (QED) is 0.145. The fourth-order valence-corrected chi connectivity index (χ4v) is 5.96. The number of fused-ring (bicyclic) bond motifs is 4. The molecule has 0 aliphatic carbocycles. The van der Waals surface area contributed by atoms with Crippen molar-refractivity contribution in [2.45, 2.75) is 26.2 Å². The van der Waals surface area contributed by atoms with Crippen LogP contribution in [0.25, 0.3) is 55.5 Å². The molecule has 5 aromatic carbocycles. The van der Waals surface area contributed by atoms with Gasteiger partial charge in [0.05, 0.1) is 45.7 Å². The molecule has 0 aliphatic heterocycles. The van der Waals surface area contributed by atoms with E-state index < -0.39 is 25.1 Å². The van der Waals surface area contributed by atoms with E-state index in [1.54, 1.807) is 47.0 Å². The number of hydrogen-bond donors (Lipinski definition) is 0. The summed E-state index contributed by atoms with van der Waals surface area (Å²) >= 11 is 0. The van der Waals surface area contributed by atoms with Gasteiger partial charge in [-0.15, -0.1) is 0 Å². The molecule has 0 amide bonds. The minimum absolute atomic E-state index is 0.0201. The van der Waals surface area contributed by atoms with Gasteiger partial charge < -0.3 is 13.9 Å². The smallest absolute Gasteiger partial charge is 0.244 e. The van der Waals surface area contributed by atoms with Crippen LogP contribution >= 0.6 is 0 Å². The average Bonchev–Trinajstić information content (AvgIpc) is 3.69. The number of rotatable bonds is 5. The lowest BCUT2D eigenvalue weighted by molar-refractivity contribution is -0.572. The van der Waals surface area contributed by atoms with Crippen molar-refractivity contribution in [3.05, 3.63) is 145 Å². The summed E-state index contributed by atoms with van der Waals surface area (Å²) in [7, 11) is 0. The Morgan fingerprint density at radius 2 is 1.54 bits per heavy atom. The van der Waals surface area contributed by atoms with Gasteiger partial charge in [-0.3, -0.25) is 4.57 Å². The summed E-state index contributed by atoms with van der Waals surface area (Å²) in [6.07, 6.45) is 4.78. The van der Waals surface area contributed by atoms with Gasteiger partial charge in [0.2, 0.25) is 6.33 Å². The van der Waals surface area contributed by atoms with Crippen molar-refractivity contribution in [3.63, 3.8) is 0 Å². The van der Waals surface area contributed by atoms with Gasteiger partial charge in [-0.2, -0.15) is 0 Å². The molecule has 0 atom stereocenters. The molecular weight excluding hydrogens is 564 g/mol. The largest absolute Gasteiger partial charge is 0.458 e. The molecule has 0 unspecified atom stereocenters. The highest BCUT2D eigenvalue weighted by molar-refractivity contribution is 6.09. The fourth-order valence-electron chi connectivity index (χ4n) is 5.96. The Kier molecular flexibility index (Phi) is 4.76. The molecule has 8 rings (SSSR count). The van der Waals surface area contributed by atoms with Gasteiger partial charge in [-0.1, -0.05) is 93.4 Å². The fraction of sp³-hybridized carbons (Fsp3) is 0.122. The third-order valence-corrected chi connectivity index (χ3v) is 8.22. The van der Waals surface area contributed by atoms with E-state index in [2.05, 4.69) is 49.9 Å². The number of benzene rings is 5. The molecular formula is C41H34N4O. The second-order valence-electron chi connectivity index (χ2n) is 12.3. The maximum atomic E-state index is 8.74. The van der Waals surface area contributed by atoms with Gasteiger partial charge in [0.25, 0.3) is 0 Å². The van der Waals surface area contributed by atoms with E-state index in [0.29, 0.717) is 22.5 Å². The highest BCUT2D eigenvalue weighted by Crippen LogP contribution is 2.37. The average molecular weight is 607 g/mol. The minimum atomic E-state index is -2.54. The molecule has 0 N–H and O–H groups in total. The standard InChI is InChI=1S/C41H34N4O/c1-41(2,3)30-20-21-42-40(24-30)45-36-15-9-8-14-34(36)35-19-18-32(26-39(35)45)46-33-23-29(28-12-6-5-7-13-28)22-31(25-33)44-27-43(4)37-16-10-11-17-38(37)44/h5-26H,1-4H3/i4D3,5D,6D,7D,12D,13D. The monoisotopic (exact) mass is 606 g/mol. The number of aryl methyl sites for hydroxylation is 1. The number of pyridine rings is 1. The molecule has 46 heavy (non-hydrogen) atoms. The second kappa shape index (κ2) is 10.7. The predicted octanol–water partition coefficient (Wildman–Crippen LogP) is 9.50. The molecule has 0 bridgehead atoms. The number of hydrogen-bond acceptors (Lipinski definition) is 2. The van der Waals surface area contributed by atoms with Crippen molar-refractivity contribution in [3.8, 4) is 34.1 Å². The van der Waals surface area contributed by atoms with Gasteiger partial charge in [-0.25, -0.2) is 4.98 Å². The van der Waals surface area contributed by atoms with E-state index in [9.17, 15) is 0 Å². The maximum absolute atomic E-state index is 8.74. The molecule has 3 heterocycles. The summed E-state index contributed by atoms with van der Waals surface area (Å²) < 4.78 is 78.2. The first-order valence-corrected chi connectivity index (χ1v) is 15.0. The lowest BCUT2D eigenvalue weighted by Crippen LogP contribution is -2.29. The Balaban J connectivity index is 1.34. The van der Waals surface area contributed by atoms with Crippen LogP contribution in [-0.2, 0) is 12.4 Å². The van der Waals surface area contributed by atoms with Crippen LogP contribution in [-0.4, -0.2) is 14.1 Å². The molecule has 0 radical (unpaired) electrons. The normalized spacial score (nSPS) is 14.7. The molecule has 0 fully saturated rings. The van der Waals surface area contributed by atoms with Gasteiger partial charge in [-0.05, 0) is 70.6 Å². The molecule has 0 aliphatic rings. The lowest BCUT2D eigenvalue weighted by atomic mass is 9.88. The van der Waals surface area contributed by atoms with Crippen LogP contribution in [0.3, 0.4) is 0 Å². The van der Waals surface area contributed by atoms with Crippen LogP contribution in [0.15, 0.2) is 133 Å². The minimum Gasteiger partial charge on any atom is -0.458 e. The number of imidazole rings is 1. The lowest BCUT2D eigenvalue weighted by Gasteiger charge is -2.20. The summed E-state index contributed by atoms with van der Waals surface area (Å²) in [6, 6.07) is 27.8. The van der Waals surface area contributed by atoms with Gasteiger partial charge in [0.1, 0.15) is 17.3 Å². The SMILES string of the molecule is [2H]c1c([2H])c([2H])c(-c2cc(Oc3ccc4c5ccccc5n(-c5cc(C(C)(C)C)ccn5)c4c3)cc(-[n+]3[c-]n(C([2H])([2H])[2H])c4ccccc43)c2)c([2H])c1[2H]. The van der Waals surface area contributed by atoms with Crippen LogP contribution in [0.2, 0.25) is 0 Å². The zero-order valence-electron chi connectivity index (χ0n) is 33.5. The topological polar surface area (TPSA) is 35.9 Å². The van der Waals surface area contributed by atoms with Crippen molar-refractivity contribution < 1.29 is 20.3 Å². The van der Waals surface area contributed by atoms with Crippen LogP contribution < -0.4 is 9.30 Å². The van der Waals surface area contributed by atoms with Crippen LogP contribution in [0.4, 0.5) is 0 Å². The van der Waals surface area contributed by atoms with E-state index >= 15 is 0 Å². The molecule has 5 heteroatoms. The Morgan fingerprint density at radius 3 is 2.37 bits per heavy atom. The van der Waals surface area contributed by atoms with Gasteiger partial charge in [0.15, 0.2) is 0 Å². The number of ether oxygens (including phenoxy) is 1. The Bertz CT molecular complexity index is 2770. The highest BCUT2D eigenvalue weighted by Gasteiger charge is 2.18. The summed E-state index contributed by atoms with van der Waals surface area (Å²) in [5, 5.41) is 2.04. The summed E-state index contributed by atoms with van der Waals surface area (Å²) in [5.74, 6) is 1.52. The molecule has 3 aromatic heterocycles. The summed E-state index contributed by atoms with van der Waals surface area (Å²) in [5.41, 5.74) is 4.49.